The van der Waals surface area contributed by atoms with E-state index in [9.17, 15) is 22.8 Å². The van der Waals surface area contributed by atoms with E-state index in [4.69, 9.17) is 26.2 Å². The summed E-state index contributed by atoms with van der Waals surface area (Å²) in [5.74, 6) is -2.47. The van der Waals surface area contributed by atoms with Gasteiger partial charge in [-0.1, -0.05) is 11.6 Å². The summed E-state index contributed by atoms with van der Waals surface area (Å²) in [6.07, 6.45) is 0.554. The maximum atomic E-state index is 13.4. The number of benzene rings is 1. The molecule has 3 aromatic rings. The fraction of sp³-hybridized carbons (Fsp3) is 0.357. The number of pyridine rings is 1. The van der Waals surface area contributed by atoms with Crippen LogP contribution >= 0.6 is 22.9 Å². The van der Waals surface area contributed by atoms with Crippen molar-refractivity contribution in [3.05, 3.63) is 63.4 Å². The zero-order valence-corrected chi connectivity index (χ0v) is 24.3. The van der Waals surface area contributed by atoms with Crippen LogP contribution < -0.4 is 25.6 Å². The maximum Gasteiger partial charge on any atom is 0.490 e. The predicted octanol–water partition coefficient (Wildman–Crippen LogP) is 5.67. The molecule has 0 bridgehead atoms. The summed E-state index contributed by atoms with van der Waals surface area (Å²) in [5.41, 5.74) is 1.96. The second-order valence-electron chi connectivity index (χ2n) is 9.68. The summed E-state index contributed by atoms with van der Waals surface area (Å²) in [6.45, 7) is 3.81. The Morgan fingerprint density at radius 2 is 1.74 bits per heavy atom. The van der Waals surface area contributed by atoms with Crippen molar-refractivity contribution in [2.75, 3.05) is 41.7 Å². The van der Waals surface area contributed by atoms with Crippen molar-refractivity contribution in [1.82, 2.24) is 10.3 Å². The molecule has 2 fully saturated rings. The number of piperidine rings is 1. The molecule has 5 rings (SSSR count). The molecule has 0 unspecified atom stereocenters. The number of nitrogens with one attached hydrogen (secondary N) is 3. The highest BCUT2D eigenvalue weighted by Crippen LogP contribution is 2.32. The number of hydrogen-bond donors (Lipinski definition) is 4. The molecule has 2 aromatic heterocycles. The number of anilines is 3. The first-order valence-corrected chi connectivity index (χ1v) is 14.7. The van der Waals surface area contributed by atoms with Crippen LogP contribution in [-0.4, -0.2) is 66.3 Å². The van der Waals surface area contributed by atoms with E-state index in [1.807, 2.05) is 18.2 Å². The van der Waals surface area contributed by atoms with Gasteiger partial charge in [0.05, 0.1) is 16.3 Å². The molecular formula is C28H29ClF3N5O5S. The van der Waals surface area contributed by atoms with E-state index in [1.54, 1.807) is 23.6 Å². The molecule has 2 aliphatic rings. The van der Waals surface area contributed by atoms with Crippen LogP contribution in [0.3, 0.4) is 0 Å². The number of carbonyl (C=O) groups excluding carboxylic acids is 2. The number of alkyl halides is 3. The molecule has 10 nitrogen and oxygen atoms in total. The lowest BCUT2D eigenvalue weighted by atomic mass is 10.1. The largest absolute Gasteiger partial charge is 0.490 e. The van der Waals surface area contributed by atoms with E-state index in [0.29, 0.717) is 32.7 Å². The van der Waals surface area contributed by atoms with Crippen molar-refractivity contribution in [3.63, 3.8) is 0 Å². The quantitative estimate of drug-likeness (QED) is 0.260. The molecule has 4 heterocycles. The number of ether oxygens (including phenoxy) is 1. The Hall–Kier alpha value is -3.88. The summed E-state index contributed by atoms with van der Waals surface area (Å²) in [5, 5.41) is 18.4. The number of halogens is 4. The molecule has 2 aliphatic heterocycles. The van der Waals surface area contributed by atoms with E-state index in [2.05, 4.69) is 25.8 Å². The number of hydrogen-bond acceptors (Lipinski definition) is 8. The van der Waals surface area contributed by atoms with Gasteiger partial charge in [0.1, 0.15) is 22.5 Å². The number of aliphatic carboxylic acids is 1. The van der Waals surface area contributed by atoms with Crippen molar-refractivity contribution in [1.29, 1.82) is 0 Å². The Morgan fingerprint density at radius 3 is 2.37 bits per heavy atom. The molecule has 230 valence electrons. The van der Waals surface area contributed by atoms with Crippen LogP contribution in [0, 0.1) is 0 Å². The fourth-order valence-corrected chi connectivity index (χ4v) is 5.31. The zero-order chi connectivity index (χ0) is 31.0. The van der Waals surface area contributed by atoms with Gasteiger partial charge < -0.3 is 30.7 Å². The molecule has 4 N–H and O–H groups in total. The lowest BCUT2D eigenvalue weighted by molar-refractivity contribution is -0.192. The van der Waals surface area contributed by atoms with Gasteiger partial charge in [0.15, 0.2) is 0 Å². The van der Waals surface area contributed by atoms with Gasteiger partial charge in [-0.3, -0.25) is 9.59 Å². The Labute approximate surface area is 254 Å². The Bertz CT molecular complexity index is 1420. The molecule has 2 saturated heterocycles. The Balaban J connectivity index is 0.000000541. The SMILES string of the molecule is O=C(Nc1ccsc1C(=O)Nc1ccc(Cl)cn1)c1ccc(N2CCCC2)cc1OC1CCNCC1.O=C(O)C(F)(F)F. The monoisotopic (exact) mass is 639 g/mol. The van der Waals surface area contributed by atoms with Crippen molar-refractivity contribution < 1.29 is 37.4 Å². The summed E-state index contributed by atoms with van der Waals surface area (Å²) < 4.78 is 38.1. The zero-order valence-electron chi connectivity index (χ0n) is 22.7. The number of carboxylic acids is 1. The van der Waals surface area contributed by atoms with Gasteiger partial charge >= 0.3 is 12.1 Å². The molecule has 0 saturated carbocycles. The van der Waals surface area contributed by atoms with Crippen molar-refractivity contribution in [2.45, 2.75) is 38.0 Å². The number of nitrogens with zero attached hydrogens (tertiary/aromatic N) is 2. The van der Waals surface area contributed by atoms with Crippen LogP contribution in [0.25, 0.3) is 0 Å². The van der Waals surface area contributed by atoms with Crippen LogP contribution in [0.4, 0.5) is 30.4 Å². The van der Waals surface area contributed by atoms with E-state index in [1.165, 1.54) is 30.4 Å². The third kappa shape index (κ3) is 9.05. The minimum atomic E-state index is -5.08. The third-order valence-corrected chi connectivity index (χ3v) is 7.73. The summed E-state index contributed by atoms with van der Waals surface area (Å²) in [7, 11) is 0. The van der Waals surface area contributed by atoms with Gasteiger partial charge in [-0.2, -0.15) is 13.2 Å². The van der Waals surface area contributed by atoms with Gasteiger partial charge in [0.2, 0.25) is 0 Å². The highest BCUT2D eigenvalue weighted by Gasteiger charge is 2.38. The molecule has 1 aromatic carbocycles. The van der Waals surface area contributed by atoms with Gasteiger partial charge in [-0.25, -0.2) is 9.78 Å². The van der Waals surface area contributed by atoms with Crippen molar-refractivity contribution in [2.24, 2.45) is 0 Å². The Morgan fingerprint density at radius 1 is 1.05 bits per heavy atom. The number of aromatic nitrogens is 1. The summed E-state index contributed by atoms with van der Waals surface area (Å²) >= 11 is 7.12. The van der Waals surface area contributed by atoms with Gasteiger partial charge in [0, 0.05) is 31.0 Å². The second-order valence-corrected chi connectivity index (χ2v) is 11.0. The van der Waals surface area contributed by atoms with E-state index >= 15 is 0 Å². The van der Waals surface area contributed by atoms with E-state index in [0.717, 1.165) is 44.7 Å². The number of thiophene rings is 1. The summed E-state index contributed by atoms with van der Waals surface area (Å²) in [6, 6.07) is 10.8. The number of amides is 2. The average molecular weight is 640 g/mol. The van der Waals surface area contributed by atoms with Crippen LogP contribution in [0.5, 0.6) is 5.75 Å². The molecule has 15 heteroatoms. The number of carbonyl (C=O) groups is 3. The molecule has 0 spiro atoms. The first-order valence-electron chi connectivity index (χ1n) is 13.4. The highest BCUT2D eigenvalue weighted by atomic mass is 35.5. The van der Waals surface area contributed by atoms with Gasteiger partial charge in [-0.05, 0) is 74.5 Å². The Kier molecular flexibility index (Phi) is 10.8. The first kappa shape index (κ1) is 32.0. The first-order chi connectivity index (χ1) is 20.5. The topological polar surface area (TPSA) is 133 Å². The maximum absolute atomic E-state index is 13.4. The molecule has 0 radical (unpaired) electrons. The van der Waals surface area contributed by atoms with Gasteiger partial charge in [0.25, 0.3) is 11.8 Å². The summed E-state index contributed by atoms with van der Waals surface area (Å²) in [4.78, 5) is 42.0. The standard InChI is InChI=1S/C26H28ClN5O3S.C2HF3O2/c27-17-3-6-23(29-16-17)31-26(34)24-21(9-14-36-24)30-25(33)20-5-4-18(32-12-1-2-13-32)15-22(20)35-19-7-10-28-11-8-19;3-2(4,5)1(6)7/h3-6,9,14-16,19,28H,1-2,7-8,10-13H2,(H,30,33)(H,29,31,34);(H,6,7). The lowest BCUT2D eigenvalue weighted by Crippen LogP contribution is -2.34. The van der Waals surface area contributed by atoms with E-state index < -0.39 is 12.1 Å². The highest BCUT2D eigenvalue weighted by molar-refractivity contribution is 7.12. The van der Waals surface area contributed by atoms with Crippen LogP contribution in [-0.2, 0) is 4.79 Å². The normalized spacial score (nSPS) is 15.3. The lowest BCUT2D eigenvalue weighted by Gasteiger charge is -2.26. The van der Waals surface area contributed by atoms with Crippen molar-refractivity contribution in [3.8, 4) is 5.75 Å². The molecule has 2 amide bonds. The van der Waals surface area contributed by atoms with Crippen molar-refractivity contribution >= 4 is 57.9 Å². The molecule has 43 heavy (non-hydrogen) atoms. The van der Waals surface area contributed by atoms with Crippen LogP contribution in [0.15, 0.2) is 48.0 Å². The third-order valence-electron chi connectivity index (χ3n) is 6.59. The molecule has 0 aliphatic carbocycles. The minimum absolute atomic E-state index is 0.0565. The van der Waals surface area contributed by atoms with Crippen LogP contribution in [0.1, 0.15) is 45.7 Å². The predicted molar refractivity (Wildman–Crippen MR) is 158 cm³/mol. The molecule has 0 atom stereocenters. The second kappa shape index (κ2) is 14.5. The smallest absolute Gasteiger partial charge is 0.489 e. The number of rotatable bonds is 7. The fourth-order valence-electron chi connectivity index (χ4n) is 4.46. The average Bonchev–Trinajstić information content (AvgIpc) is 3.68. The van der Waals surface area contributed by atoms with E-state index in [-0.39, 0.29) is 17.9 Å². The molecular weight excluding hydrogens is 611 g/mol. The minimum Gasteiger partial charge on any atom is -0.489 e. The number of carboxylic acid groups (broad SMARTS) is 1. The van der Waals surface area contributed by atoms with Crippen LogP contribution in [0.2, 0.25) is 5.02 Å². The van der Waals surface area contributed by atoms with Gasteiger partial charge in [-0.15, -0.1) is 11.3 Å².